The molecule has 0 bridgehead atoms. The number of hydrogen-bond donors (Lipinski definition) is 0. The number of carbonyl (C=O) groups excluding carboxylic acids is 1. The number of alkyl halides is 3. The minimum Gasteiger partial charge on any atom is -0.443 e. The fourth-order valence-electron chi connectivity index (χ4n) is 2.41. The number of nitrogens with zero attached hydrogens (tertiary/aromatic N) is 1. The highest BCUT2D eigenvalue weighted by molar-refractivity contribution is 7.78. The Morgan fingerprint density at radius 3 is 2.32 bits per heavy atom. The highest BCUT2D eigenvalue weighted by Gasteiger charge is 2.42. The van der Waals surface area contributed by atoms with Crippen LogP contribution in [0.4, 0.5) is 18.0 Å². The van der Waals surface area contributed by atoms with E-state index in [0.29, 0.717) is 5.56 Å². The molecule has 3 atom stereocenters. The van der Waals surface area contributed by atoms with Crippen LogP contribution in [0.2, 0.25) is 0 Å². The Morgan fingerprint density at radius 2 is 1.84 bits per heavy atom. The predicted octanol–water partition coefficient (Wildman–Crippen LogP) is 4.02. The molecular formula is C16H20F3NO4S. The Kier molecular flexibility index (Phi) is 5.48. The van der Waals surface area contributed by atoms with Crippen LogP contribution in [0, 0.1) is 0 Å². The van der Waals surface area contributed by atoms with E-state index >= 15 is 0 Å². The van der Waals surface area contributed by atoms with Crippen molar-refractivity contribution in [2.24, 2.45) is 0 Å². The number of halogens is 3. The number of hydrogen-bond acceptors (Lipinski definition) is 4. The SMILES string of the molecule is C[C@@H](c1ccc(C(F)(F)F)cc1)C1COS(=O)N1C(=O)OC(C)(C)C. The molecule has 1 aliphatic heterocycles. The van der Waals surface area contributed by atoms with Crippen LogP contribution in [-0.2, 0) is 26.4 Å². The summed E-state index contributed by atoms with van der Waals surface area (Å²) in [6.07, 6.45) is -5.20. The molecule has 0 saturated carbocycles. The van der Waals surface area contributed by atoms with Crippen molar-refractivity contribution in [3.63, 3.8) is 0 Å². The standard InChI is InChI=1S/C16H20F3NO4S/c1-10(11-5-7-12(8-6-11)16(17,18)19)13-9-23-25(22)20(13)14(21)24-15(2,3)4/h5-8,10,13H,9H2,1-4H3/t10-,13?,25?/m0/s1. The second-order valence-corrected chi connectivity index (χ2v) is 7.85. The highest BCUT2D eigenvalue weighted by Crippen LogP contribution is 2.33. The van der Waals surface area contributed by atoms with Gasteiger partial charge in [0.05, 0.1) is 18.2 Å². The molecule has 1 fully saturated rings. The van der Waals surface area contributed by atoms with Crippen LogP contribution in [0.3, 0.4) is 0 Å². The van der Waals surface area contributed by atoms with Crippen LogP contribution in [0.15, 0.2) is 24.3 Å². The lowest BCUT2D eigenvalue weighted by Crippen LogP contribution is -2.43. The van der Waals surface area contributed by atoms with E-state index in [0.717, 1.165) is 16.4 Å². The monoisotopic (exact) mass is 379 g/mol. The topological polar surface area (TPSA) is 55.8 Å². The quantitative estimate of drug-likeness (QED) is 0.779. The van der Waals surface area contributed by atoms with Gasteiger partial charge in [0.1, 0.15) is 5.60 Å². The van der Waals surface area contributed by atoms with Gasteiger partial charge in [-0.2, -0.15) is 17.5 Å². The van der Waals surface area contributed by atoms with Gasteiger partial charge in [0, 0.05) is 5.92 Å². The van der Waals surface area contributed by atoms with Crippen LogP contribution < -0.4 is 0 Å². The van der Waals surface area contributed by atoms with Crippen molar-refractivity contribution in [1.29, 1.82) is 0 Å². The maximum Gasteiger partial charge on any atom is 0.424 e. The summed E-state index contributed by atoms with van der Waals surface area (Å²) in [6.45, 7) is 6.78. The zero-order valence-corrected chi connectivity index (χ0v) is 15.1. The van der Waals surface area contributed by atoms with E-state index in [4.69, 9.17) is 8.92 Å². The molecule has 0 aromatic heterocycles. The van der Waals surface area contributed by atoms with E-state index in [1.54, 1.807) is 27.7 Å². The first-order valence-electron chi connectivity index (χ1n) is 7.64. The normalized spacial score (nSPS) is 22.8. The molecule has 0 aliphatic carbocycles. The molecule has 5 nitrogen and oxygen atoms in total. The van der Waals surface area contributed by atoms with Crippen molar-refractivity contribution in [3.8, 4) is 0 Å². The van der Waals surface area contributed by atoms with Crippen LogP contribution >= 0.6 is 0 Å². The van der Waals surface area contributed by atoms with Gasteiger partial charge in [-0.1, -0.05) is 19.1 Å². The molecule has 2 rings (SSSR count). The van der Waals surface area contributed by atoms with Gasteiger partial charge in [-0.15, -0.1) is 0 Å². The van der Waals surface area contributed by atoms with Gasteiger partial charge < -0.3 is 4.74 Å². The number of carbonyl (C=O) groups is 1. The minimum absolute atomic E-state index is 0.00798. The Balaban J connectivity index is 2.20. The summed E-state index contributed by atoms with van der Waals surface area (Å²) in [5.74, 6) is -0.388. The Morgan fingerprint density at radius 1 is 1.28 bits per heavy atom. The third-order valence-electron chi connectivity index (χ3n) is 3.72. The lowest BCUT2D eigenvalue weighted by Gasteiger charge is -2.28. The predicted molar refractivity (Wildman–Crippen MR) is 85.8 cm³/mol. The van der Waals surface area contributed by atoms with Gasteiger partial charge in [-0.05, 0) is 38.5 Å². The molecule has 0 radical (unpaired) electrons. The number of rotatable bonds is 2. The average molecular weight is 379 g/mol. The van der Waals surface area contributed by atoms with Crippen LogP contribution in [-0.4, -0.2) is 32.9 Å². The summed E-state index contributed by atoms with van der Waals surface area (Å²) in [4.78, 5) is 12.3. The molecule has 9 heteroatoms. The summed E-state index contributed by atoms with van der Waals surface area (Å²) in [5, 5.41) is 0. The summed E-state index contributed by atoms with van der Waals surface area (Å²) >= 11 is -1.99. The molecule has 1 aromatic carbocycles. The summed E-state index contributed by atoms with van der Waals surface area (Å²) < 4.78 is 61.3. The van der Waals surface area contributed by atoms with E-state index in [-0.39, 0.29) is 12.5 Å². The molecule has 1 heterocycles. The van der Waals surface area contributed by atoms with Crippen LogP contribution in [0.25, 0.3) is 0 Å². The Hall–Kier alpha value is -1.61. The first-order chi connectivity index (χ1) is 11.4. The molecule has 1 saturated heterocycles. The molecule has 1 aliphatic rings. The van der Waals surface area contributed by atoms with E-state index in [1.807, 2.05) is 0 Å². The van der Waals surface area contributed by atoms with Crippen molar-refractivity contribution < 1.29 is 31.1 Å². The number of benzene rings is 1. The fraction of sp³-hybridized carbons (Fsp3) is 0.562. The molecule has 0 N–H and O–H groups in total. The summed E-state index contributed by atoms with van der Waals surface area (Å²) in [7, 11) is 0. The second kappa shape index (κ2) is 6.95. The van der Waals surface area contributed by atoms with E-state index in [2.05, 4.69) is 0 Å². The van der Waals surface area contributed by atoms with Crippen molar-refractivity contribution in [2.45, 2.75) is 51.4 Å². The van der Waals surface area contributed by atoms with Gasteiger partial charge in [0.2, 0.25) is 0 Å². The molecule has 1 amide bonds. The average Bonchev–Trinajstić information content (AvgIpc) is 2.86. The highest BCUT2D eigenvalue weighted by atomic mass is 32.2. The van der Waals surface area contributed by atoms with Crippen molar-refractivity contribution >= 4 is 17.4 Å². The Labute approximate surface area is 146 Å². The smallest absolute Gasteiger partial charge is 0.424 e. The van der Waals surface area contributed by atoms with Crippen LogP contribution in [0.1, 0.15) is 44.7 Å². The number of amides is 1. The first-order valence-corrected chi connectivity index (χ1v) is 8.68. The first kappa shape index (κ1) is 19.7. The molecular weight excluding hydrogens is 359 g/mol. The van der Waals surface area contributed by atoms with Gasteiger partial charge in [0.25, 0.3) is 11.3 Å². The van der Waals surface area contributed by atoms with Crippen molar-refractivity contribution in [3.05, 3.63) is 35.4 Å². The maximum absolute atomic E-state index is 12.7. The number of ether oxygens (including phenoxy) is 1. The molecule has 2 unspecified atom stereocenters. The third-order valence-corrected chi connectivity index (χ3v) is 4.79. The largest absolute Gasteiger partial charge is 0.443 e. The van der Waals surface area contributed by atoms with Gasteiger partial charge in [-0.25, -0.2) is 9.00 Å². The maximum atomic E-state index is 12.7. The van der Waals surface area contributed by atoms with E-state index < -0.39 is 40.7 Å². The second-order valence-electron chi connectivity index (χ2n) is 6.78. The lowest BCUT2D eigenvalue weighted by atomic mass is 9.93. The third kappa shape index (κ3) is 4.72. The van der Waals surface area contributed by atoms with Gasteiger partial charge in [-0.3, -0.25) is 4.18 Å². The fourth-order valence-corrected chi connectivity index (χ4v) is 3.40. The van der Waals surface area contributed by atoms with Crippen LogP contribution in [0.5, 0.6) is 0 Å². The van der Waals surface area contributed by atoms with Crippen molar-refractivity contribution in [1.82, 2.24) is 4.31 Å². The van der Waals surface area contributed by atoms with Crippen molar-refractivity contribution in [2.75, 3.05) is 6.61 Å². The summed E-state index contributed by atoms with van der Waals surface area (Å²) in [5.41, 5.74) is -0.945. The molecule has 140 valence electrons. The Bertz CT molecular complexity index is 655. The summed E-state index contributed by atoms with van der Waals surface area (Å²) in [6, 6.07) is 4.06. The molecule has 1 aromatic rings. The molecule has 0 spiro atoms. The van der Waals surface area contributed by atoms with Gasteiger partial charge >= 0.3 is 12.3 Å². The minimum atomic E-state index is -4.41. The van der Waals surface area contributed by atoms with E-state index in [9.17, 15) is 22.2 Å². The van der Waals surface area contributed by atoms with Gasteiger partial charge in [0.15, 0.2) is 0 Å². The molecule has 25 heavy (non-hydrogen) atoms. The van der Waals surface area contributed by atoms with E-state index in [1.165, 1.54) is 12.1 Å². The zero-order chi connectivity index (χ0) is 19.0. The zero-order valence-electron chi connectivity index (χ0n) is 14.3. The lowest BCUT2D eigenvalue weighted by molar-refractivity contribution is -0.137.